The first kappa shape index (κ1) is 17.3. The molecule has 23 heavy (non-hydrogen) atoms. The topological polar surface area (TPSA) is 66.8 Å². The van der Waals surface area contributed by atoms with Gasteiger partial charge in [-0.2, -0.15) is 0 Å². The van der Waals surface area contributed by atoms with E-state index in [4.69, 9.17) is 4.74 Å². The van der Waals surface area contributed by atoms with Crippen molar-refractivity contribution in [2.45, 2.75) is 57.6 Å². The Hall–Kier alpha value is -2.04. The van der Waals surface area contributed by atoms with Gasteiger partial charge < -0.3 is 9.84 Å². The molecule has 1 aliphatic rings. The summed E-state index contributed by atoms with van der Waals surface area (Å²) in [4.78, 5) is 25.4. The Bertz CT molecular complexity index is 578. The number of carboxylic acids is 1. The van der Waals surface area contributed by atoms with E-state index in [1.54, 1.807) is 20.8 Å². The number of carboxylic acid groups (broad SMARTS) is 1. The third-order valence-corrected chi connectivity index (χ3v) is 4.31. The van der Waals surface area contributed by atoms with Gasteiger partial charge in [0, 0.05) is 6.54 Å². The van der Waals surface area contributed by atoms with E-state index in [1.807, 2.05) is 30.3 Å². The lowest BCUT2D eigenvalue weighted by Gasteiger charge is -2.43. The molecule has 1 saturated heterocycles. The summed E-state index contributed by atoms with van der Waals surface area (Å²) < 4.78 is 5.36. The van der Waals surface area contributed by atoms with Crippen LogP contribution < -0.4 is 0 Å². The summed E-state index contributed by atoms with van der Waals surface area (Å²) in [6.07, 6.45) is 0.533. The van der Waals surface area contributed by atoms with Crippen molar-refractivity contribution in [1.82, 2.24) is 4.90 Å². The maximum absolute atomic E-state index is 12.3. The third kappa shape index (κ3) is 4.03. The molecule has 1 amide bonds. The Morgan fingerprint density at radius 1 is 1.26 bits per heavy atom. The Morgan fingerprint density at radius 3 is 2.39 bits per heavy atom. The van der Waals surface area contributed by atoms with Crippen molar-refractivity contribution < 1.29 is 19.4 Å². The number of ether oxygens (including phenoxy) is 1. The molecule has 0 bridgehead atoms. The summed E-state index contributed by atoms with van der Waals surface area (Å²) in [6.45, 7) is 7.76. The van der Waals surface area contributed by atoms with Gasteiger partial charge in [-0.05, 0) is 44.6 Å². The predicted octanol–water partition coefficient (Wildman–Crippen LogP) is 3.43. The van der Waals surface area contributed by atoms with Crippen molar-refractivity contribution in [3.05, 3.63) is 35.9 Å². The second-order valence-electron chi connectivity index (χ2n) is 7.41. The molecule has 0 spiro atoms. The van der Waals surface area contributed by atoms with E-state index in [9.17, 15) is 14.7 Å². The van der Waals surface area contributed by atoms with Gasteiger partial charge in [-0.25, -0.2) is 9.59 Å². The van der Waals surface area contributed by atoms with Gasteiger partial charge in [-0.3, -0.25) is 4.90 Å². The first-order valence-corrected chi connectivity index (χ1v) is 7.90. The van der Waals surface area contributed by atoms with Crippen molar-refractivity contribution in [2.75, 3.05) is 6.54 Å². The summed E-state index contributed by atoms with van der Waals surface area (Å²) in [6, 6.07) is 9.01. The molecule has 0 unspecified atom stereocenters. The summed E-state index contributed by atoms with van der Waals surface area (Å²) in [7, 11) is 0. The quantitative estimate of drug-likeness (QED) is 0.907. The van der Waals surface area contributed by atoms with Gasteiger partial charge in [0.05, 0.1) is 0 Å². The van der Waals surface area contributed by atoms with Crippen molar-refractivity contribution in [2.24, 2.45) is 0 Å². The second kappa shape index (κ2) is 6.22. The first-order chi connectivity index (χ1) is 10.6. The highest BCUT2D eigenvalue weighted by Crippen LogP contribution is 2.38. The number of hydrogen-bond donors (Lipinski definition) is 1. The summed E-state index contributed by atoms with van der Waals surface area (Å²) >= 11 is 0. The van der Waals surface area contributed by atoms with Crippen LogP contribution in [0.5, 0.6) is 0 Å². The van der Waals surface area contributed by atoms with Gasteiger partial charge in [0.15, 0.2) is 0 Å². The Morgan fingerprint density at radius 2 is 1.87 bits per heavy atom. The van der Waals surface area contributed by atoms with Gasteiger partial charge in [-0.15, -0.1) is 0 Å². The van der Waals surface area contributed by atoms with Gasteiger partial charge in [0.25, 0.3) is 0 Å². The van der Waals surface area contributed by atoms with E-state index in [2.05, 4.69) is 6.92 Å². The molecule has 0 radical (unpaired) electrons. The fourth-order valence-corrected chi connectivity index (χ4v) is 3.02. The highest BCUT2D eigenvalue weighted by Gasteiger charge is 2.44. The van der Waals surface area contributed by atoms with E-state index < -0.39 is 23.7 Å². The van der Waals surface area contributed by atoms with Crippen LogP contribution in [0.25, 0.3) is 0 Å². The zero-order chi connectivity index (χ0) is 17.3. The minimum Gasteiger partial charge on any atom is -0.480 e. The normalized spacial score (nSPS) is 25.0. The Balaban J connectivity index is 2.21. The number of piperidine rings is 1. The summed E-state index contributed by atoms with van der Waals surface area (Å²) in [5.41, 5.74) is 0.207. The number of rotatable bonds is 2. The van der Waals surface area contributed by atoms with Crippen LogP contribution in [0.3, 0.4) is 0 Å². The van der Waals surface area contributed by atoms with Crippen LogP contribution >= 0.6 is 0 Å². The molecule has 1 N–H and O–H groups in total. The first-order valence-electron chi connectivity index (χ1n) is 7.90. The van der Waals surface area contributed by atoms with Crippen LogP contribution in [0.15, 0.2) is 30.3 Å². The van der Waals surface area contributed by atoms with Crippen LogP contribution in [0.2, 0.25) is 0 Å². The summed E-state index contributed by atoms with van der Waals surface area (Å²) in [5, 5.41) is 9.59. The minimum atomic E-state index is -0.988. The molecule has 5 heteroatoms. The molecule has 1 aromatic carbocycles. The number of likely N-dealkylation sites (tertiary alicyclic amines) is 1. The monoisotopic (exact) mass is 319 g/mol. The Kier molecular flexibility index (Phi) is 4.68. The van der Waals surface area contributed by atoms with E-state index in [0.717, 1.165) is 5.56 Å². The number of amides is 1. The lowest BCUT2D eigenvalue weighted by molar-refractivity contribution is -0.145. The van der Waals surface area contributed by atoms with E-state index in [1.165, 1.54) is 4.90 Å². The van der Waals surface area contributed by atoms with Gasteiger partial charge >= 0.3 is 12.1 Å². The number of benzene rings is 1. The highest BCUT2D eigenvalue weighted by molar-refractivity contribution is 5.80. The molecular formula is C18H25NO4. The Labute approximate surface area is 137 Å². The van der Waals surface area contributed by atoms with Crippen LogP contribution in [-0.2, 0) is 14.9 Å². The molecule has 1 heterocycles. The molecule has 1 aliphatic heterocycles. The van der Waals surface area contributed by atoms with E-state index in [-0.39, 0.29) is 5.41 Å². The molecule has 0 aromatic heterocycles. The van der Waals surface area contributed by atoms with Crippen molar-refractivity contribution in [1.29, 1.82) is 0 Å². The number of hydrogen-bond acceptors (Lipinski definition) is 3. The molecule has 5 nitrogen and oxygen atoms in total. The molecular weight excluding hydrogens is 294 g/mol. The average molecular weight is 319 g/mol. The largest absolute Gasteiger partial charge is 0.480 e. The van der Waals surface area contributed by atoms with Crippen LogP contribution in [0.4, 0.5) is 4.79 Å². The van der Waals surface area contributed by atoms with Gasteiger partial charge in [0.2, 0.25) is 0 Å². The third-order valence-electron chi connectivity index (χ3n) is 4.31. The average Bonchev–Trinajstić information content (AvgIpc) is 2.46. The van der Waals surface area contributed by atoms with Crippen molar-refractivity contribution in [3.8, 4) is 0 Å². The van der Waals surface area contributed by atoms with Crippen molar-refractivity contribution >= 4 is 12.1 Å². The van der Waals surface area contributed by atoms with E-state index >= 15 is 0 Å². The molecule has 0 aliphatic carbocycles. The summed E-state index contributed by atoms with van der Waals surface area (Å²) in [5.74, 6) is -0.988. The molecule has 1 fully saturated rings. The zero-order valence-corrected chi connectivity index (χ0v) is 14.2. The number of carbonyl (C=O) groups is 2. The lowest BCUT2D eigenvalue weighted by atomic mass is 9.72. The van der Waals surface area contributed by atoms with Gasteiger partial charge in [0.1, 0.15) is 11.6 Å². The molecule has 2 atom stereocenters. The maximum atomic E-state index is 12.3. The molecule has 1 aromatic rings. The number of aliphatic carboxylic acids is 1. The van der Waals surface area contributed by atoms with Crippen LogP contribution in [0, 0.1) is 0 Å². The standard InChI is InChI=1S/C18H25NO4/c1-17(2,3)23-16(22)19-11-10-18(4,12-14(19)15(20)21)13-8-6-5-7-9-13/h5-9,14H,10-12H2,1-4H3,(H,20,21)/t14-,18-/m0/s1. The fraction of sp³-hybridized carbons (Fsp3) is 0.556. The van der Waals surface area contributed by atoms with Crippen LogP contribution in [0.1, 0.15) is 46.1 Å². The number of carbonyl (C=O) groups excluding carboxylic acids is 1. The predicted molar refractivity (Wildman–Crippen MR) is 87.4 cm³/mol. The minimum absolute atomic E-state index is 0.261. The van der Waals surface area contributed by atoms with Gasteiger partial charge in [-0.1, -0.05) is 37.3 Å². The molecule has 2 rings (SSSR count). The highest BCUT2D eigenvalue weighted by atomic mass is 16.6. The lowest BCUT2D eigenvalue weighted by Crippen LogP contribution is -2.54. The number of nitrogens with zero attached hydrogens (tertiary/aromatic N) is 1. The fourth-order valence-electron chi connectivity index (χ4n) is 3.02. The molecule has 0 saturated carbocycles. The SMILES string of the molecule is CC(C)(C)OC(=O)N1CC[C@](C)(c2ccccc2)C[C@H]1C(=O)O. The molecule has 126 valence electrons. The van der Waals surface area contributed by atoms with Crippen LogP contribution in [-0.4, -0.2) is 40.3 Å². The smallest absolute Gasteiger partial charge is 0.411 e. The second-order valence-corrected chi connectivity index (χ2v) is 7.41. The van der Waals surface area contributed by atoms with E-state index in [0.29, 0.717) is 19.4 Å². The zero-order valence-electron chi connectivity index (χ0n) is 14.2. The van der Waals surface area contributed by atoms with Crippen molar-refractivity contribution in [3.63, 3.8) is 0 Å². The maximum Gasteiger partial charge on any atom is 0.411 e.